The molecular formula is C13H14BrN3O3S. The molecule has 0 atom stereocenters. The first-order valence-corrected chi connectivity index (χ1v) is 8.00. The minimum absolute atomic E-state index is 0.0510. The van der Waals surface area contributed by atoms with E-state index in [-0.39, 0.29) is 11.7 Å². The molecule has 0 aliphatic carbocycles. The molecule has 2 aromatic rings. The normalized spacial score (nSPS) is 10.8. The summed E-state index contributed by atoms with van der Waals surface area (Å²) in [5.41, 5.74) is 1.71. The summed E-state index contributed by atoms with van der Waals surface area (Å²) in [6.07, 6.45) is 0. The number of carboxylic acid groups (broad SMARTS) is 1. The van der Waals surface area contributed by atoms with Gasteiger partial charge in [0.05, 0.1) is 16.8 Å². The van der Waals surface area contributed by atoms with Crippen LogP contribution in [0.15, 0.2) is 27.8 Å². The Labute approximate surface area is 134 Å². The number of imidazole rings is 1. The number of nitrogens with zero attached hydrogens (tertiary/aromatic N) is 2. The minimum Gasteiger partial charge on any atom is -0.481 e. The smallest absolute Gasteiger partial charge is 0.313 e. The zero-order valence-electron chi connectivity index (χ0n) is 11.3. The van der Waals surface area contributed by atoms with Crippen LogP contribution in [0.25, 0.3) is 11.0 Å². The van der Waals surface area contributed by atoms with Crippen LogP contribution < -0.4 is 5.32 Å². The fraction of sp³-hybridized carbons (Fsp3) is 0.308. The highest BCUT2D eigenvalue weighted by atomic mass is 79.9. The molecule has 1 aromatic heterocycles. The Kier molecular flexibility index (Phi) is 5.24. The van der Waals surface area contributed by atoms with Crippen molar-refractivity contribution in [2.75, 3.05) is 12.3 Å². The lowest BCUT2D eigenvalue weighted by molar-refractivity contribution is -0.133. The topological polar surface area (TPSA) is 84.2 Å². The number of carbonyl (C=O) groups is 2. The molecule has 2 N–H and O–H groups in total. The number of carbonyl (C=O) groups excluding carboxylic acids is 1. The van der Waals surface area contributed by atoms with Crippen LogP contribution in [0.5, 0.6) is 0 Å². The lowest BCUT2D eigenvalue weighted by Crippen LogP contribution is -2.24. The Morgan fingerprint density at radius 3 is 2.90 bits per heavy atom. The van der Waals surface area contributed by atoms with Gasteiger partial charge in [-0.3, -0.25) is 9.59 Å². The van der Waals surface area contributed by atoms with Gasteiger partial charge in [-0.15, -0.1) is 0 Å². The molecule has 0 saturated heterocycles. The molecule has 1 heterocycles. The van der Waals surface area contributed by atoms with Crippen LogP contribution in [0.1, 0.15) is 6.92 Å². The first kappa shape index (κ1) is 15.8. The summed E-state index contributed by atoms with van der Waals surface area (Å²) >= 11 is 4.56. The number of fused-ring (bicyclic) bond motifs is 1. The van der Waals surface area contributed by atoms with Gasteiger partial charge in [-0.05, 0) is 18.2 Å². The summed E-state index contributed by atoms with van der Waals surface area (Å²) in [5, 5.41) is 12.2. The van der Waals surface area contributed by atoms with Crippen LogP contribution in [0, 0.1) is 0 Å². The molecule has 8 heteroatoms. The maximum Gasteiger partial charge on any atom is 0.313 e. The monoisotopic (exact) mass is 371 g/mol. The summed E-state index contributed by atoms with van der Waals surface area (Å²) in [6.45, 7) is 2.47. The van der Waals surface area contributed by atoms with Gasteiger partial charge in [-0.2, -0.15) is 0 Å². The van der Waals surface area contributed by atoms with Crippen LogP contribution in [0.4, 0.5) is 0 Å². The van der Waals surface area contributed by atoms with Gasteiger partial charge in [0.2, 0.25) is 5.91 Å². The second-order valence-corrected chi connectivity index (χ2v) is 6.20. The number of hydrogen-bond acceptors (Lipinski definition) is 4. The van der Waals surface area contributed by atoms with Crippen molar-refractivity contribution in [3.8, 4) is 0 Å². The van der Waals surface area contributed by atoms with Crippen LogP contribution in [0.3, 0.4) is 0 Å². The maximum absolute atomic E-state index is 11.0. The Bertz CT molecular complexity index is 687. The molecule has 0 aliphatic rings. The summed E-state index contributed by atoms with van der Waals surface area (Å²) in [7, 11) is 0. The maximum atomic E-state index is 11.0. The fourth-order valence-electron chi connectivity index (χ4n) is 1.88. The van der Waals surface area contributed by atoms with Crippen molar-refractivity contribution >= 4 is 50.6 Å². The van der Waals surface area contributed by atoms with Gasteiger partial charge in [0.25, 0.3) is 0 Å². The van der Waals surface area contributed by atoms with E-state index in [1.807, 2.05) is 22.8 Å². The third-order valence-corrected chi connectivity index (χ3v) is 4.16. The Hall–Kier alpha value is -1.54. The average Bonchev–Trinajstić information content (AvgIpc) is 2.73. The molecule has 0 spiro atoms. The number of halogens is 1. The van der Waals surface area contributed by atoms with E-state index in [1.54, 1.807) is 0 Å². The molecular weight excluding hydrogens is 358 g/mol. The van der Waals surface area contributed by atoms with E-state index < -0.39 is 5.97 Å². The Morgan fingerprint density at radius 1 is 1.48 bits per heavy atom. The number of hydrogen-bond donors (Lipinski definition) is 2. The van der Waals surface area contributed by atoms with Gasteiger partial charge >= 0.3 is 5.97 Å². The summed E-state index contributed by atoms with van der Waals surface area (Å²) < 4.78 is 2.84. The Morgan fingerprint density at radius 2 is 2.24 bits per heavy atom. The van der Waals surface area contributed by atoms with E-state index >= 15 is 0 Å². The van der Waals surface area contributed by atoms with Crippen LogP contribution in [0.2, 0.25) is 0 Å². The molecule has 112 valence electrons. The predicted molar refractivity (Wildman–Crippen MR) is 84.5 cm³/mol. The zero-order chi connectivity index (χ0) is 15.4. The molecule has 0 radical (unpaired) electrons. The summed E-state index contributed by atoms with van der Waals surface area (Å²) in [5.74, 6) is -1.03. The highest BCUT2D eigenvalue weighted by molar-refractivity contribution is 9.10. The van der Waals surface area contributed by atoms with Gasteiger partial charge in [0.1, 0.15) is 0 Å². The standard InChI is InChI=1S/C13H14BrN3O3S/c1-8(18)15-4-5-17-11-3-2-9(14)6-10(11)16-13(17)21-7-12(19)20/h2-3,6H,4-5,7H2,1H3,(H,15,18)(H,19,20). The van der Waals surface area contributed by atoms with Gasteiger partial charge in [-0.25, -0.2) is 4.98 Å². The van der Waals surface area contributed by atoms with E-state index in [0.717, 1.165) is 15.5 Å². The lowest BCUT2D eigenvalue weighted by Gasteiger charge is -2.08. The van der Waals surface area contributed by atoms with E-state index in [0.29, 0.717) is 18.2 Å². The second-order valence-electron chi connectivity index (χ2n) is 4.34. The molecule has 21 heavy (non-hydrogen) atoms. The molecule has 0 aliphatic heterocycles. The molecule has 0 bridgehead atoms. The van der Waals surface area contributed by atoms with Gasteiger partial charge in [0.15, 0.2) is 5.16 Å². The number of aliphatic carboxylic acids is 1. The third-order valence-electron chi connectivity index (χ3n) is 2.71. The first-order chi connectivity index (χ1) is 9.97. The van der Waals surface area contributed by atoms with Crippen molar-refractivity contribution < 1.29 is 14.7 Å². The molecule has 1 amide bonds. The van der Waals surface area contributed by atoms with Crippen LogP contribution in [-0.4, -0.2) is 38.8 Å². The van der Waals surface area contributed by atoms with Gasteiger partial charge in [-0.1, -0.05) is 27.7 Å². The second kappa shape index (κ2) is 6.95. The van der Waals surface area contributed by atoms with Crippen molar-refractivity contribution in [2.45, 2.75) is 18.6 Å². The summed E-state index contributed by atoms with van der Waals surface area (Å²) in [6, 6.07) is 5.71. The number of benzene rings is 1. The molecule has 0 fully saturated rings. The molecule has 0 unspecified atom stereocenters. The van der Waals surface area contributed by atoms with Crippen molar-refractivity contribution in [3.63, 3.8) is 0 Å². The molecule has 2 rings (SSSR count). The lowest BCUT2D eigenvalue weighted by atomic mass is 10.3. The van der Waals surface area contributed by atoms with Crippen LogP contribution in [-0.2, 0) is 16.1 Å². The third kappa shape index (κ3) is 4.21. The minimum atomic E-state index is -0.887. The largest absolute Gasteiger partial charge is 0.481 e. The van der Waals surface area contributed by atoms with Crippen molar-refractivity contribution in [2.24, 2.45) is 0 Å². The van der Waals surface area contributed by atoms with Crippen molar-refractivity contribution in [1.29, 1.82) is 0 Å². The number of aromatic nitrogens is 2. The highest BCUT2D eigenvalue weighted by Crippen LogP contribution is 2.26. The van der Waals surface area contributed by atoms with Gasteiger partial charge in [0, 0.05) is 24.5 Å². The summed E-state index contributed by atoms with van der Waals surface area (Å²) in [4.78, 5) is 26.2. The average molecular weight is 372 g/mol. The number of rotatable bonds is 6. The number of thioether (sulfide) groups is 1. The van der Waals surface area contributed by atoms with Crippen LogP contribution >= 0.6 is 27.7 Å². The van der Waals surface area contributed by atoms with E-state index in [1.165, 1.54) is 18.7 Å². The van der Waals surface area contributed by atoms with Crippen molar-refractivity contribution in [1.82, 2.24) is 14.9 Å². The van der Waals surface area contributed by atoms with Crippen molar-refractivity contribution in [3.05, 3.63) is 22.7 Å². The highest BCUT2D eigenvalue weighted by Gasteiger charge is 2.13. The number of amides is 1. The molecule has 6 nitrogen and oxygen atoms in total. The number of nitrogens with one attached hydrogen (secondary N) is 1. The first-order valence-electron chi connectivity index (χ1n) is 6.22. The van der Waals surface area contributed by atoms with E-state index in [2.05, 4.69) is 26.2 Å². The van der Waals surface area contributed by atoms with E-state index in [4.69, 9.17) is 5.11 Å². The Balaban J connectivity index is 2.29. The number of carboxylic acids is 1. The molecule has 0 saturated carbocycles. The quantitative estimate of drug-likeness (QED) is 0.759. The van der Waals surface area contributed by atoms with Gasteiger partial charge < -0.3 is 15.0 Å². The fourth-order valence-corrected chi connectivity index (χ4v) is 2.99. The van der Waals surface area contributed by atoms with E-state index in [9.17, 15) is 9.59 Å². The molecule has 1 aromatic carbocycles. The SMILES string of the molecule is CC(=O)NCCn1c(SCC(=O)O)nc2cc(Br)ccc21. The zero-order valence-corrected chi connectivity index (χ0v) is 13.7. The predicted octanol–water partition coefficient (Wildman–Crippen LogP) is 2.11.